The van der Waals surface area contributed by atoms with E-state index in [4.69, 9.17) is 0 Å². The van der Waals surface area contributed by atoms with Crippen LogP contribution in [-0.4, -0.2) is 27.0 Å². The van der Waals surface area contributed by atoms with Gasteiger partial charge in [0.05, 0.1) is 4.90 Å². The van der Waals surface area contributed by atoms with Crippen LogP contribution in [0.25, 0.3) is 0 Å². The Labute approximate surface area is 129 Å². The van der Waals surface area contributed by atoms with Crippen molar-refractivity contribution in [2.24, 2.45) is 0 Å². The van der Waals surface area contributed by atoms with Gasteiger partial charge in [-0.15, -0.1) is 0 Å². The molecule has 0 radical (unpaired) electrons. The molecule has 0 bridgehead atoms. The molecule has 2 unspecified atom stereocenters. The van der Waals surface area contributed by atoms with E-state index in [1.807, 2.05) is 26.0 Å². The lowest BCUT2D eigenvalue weighted by Crippen LogP contribution is -2.31. The van der Waals surface area contributed by atoms with E-state index in [2.05, 4.69) is 30.8 Å². The van der Waals surface area contributed by atoms with Gasteiger partial charge < -0.3 is 5.32 Å². The molecular weight excluding hydrogens is 284 g/mol. The quantitative estimate of drug-likeness (QED) is 0.776. The summed E-state index contributed by atoms with van der Waals surface area (Å²) in [6, 6.07) is 7.44. The number of sulfonamides is 1. The Kier molecular flexibility index (Phi) is 6.84. The van der Waals surface area contributed by atoms with Crippen LogP contribution in [-0.2, 0) is 10.0 Å². The first-order valence-corrected chi connectivity index (χ1v) is 9.12. The largest absolute Gasteiger partial charge is 0.314 e. The molecule has 0 amide bonds. The molecule has 1 rings (SSSR count). The van der Waals surface area contributed by atoms with Crippen molar-refractivity contribution >= 4 is 10.0 Å². The molecule has 2 N–H and O–H groups in total. The molecule has 0 aliphatic rings. The van der Waals surface area contributed by atoms with Gasteiger partial charge in [-0.2, -0.15) is 0 Å². The molecule has 1 aromatic rings. The number of hydrogen-bond donors (Lipinski definition) is 2. The van der Waals surface area contributed by atoms with Gasteiger partial charge in [-0.25, -0.2) is 13.1 Å². The van der Waals surface area contributed by atoms with Crippen molar-refractivity contribution < 1.29 is 8.42 Å². The van der Waals surface area contributed by atoms with E-state index in [1.54, 1.807) is 12.1 Å². The van der Waals surface area contributed by atoms with Gasteiger partial charge in [0.1, 0.15) is 0 Å². The second kappa shape index (κ2) is 7.92. The summed E-state index contributed by atoms with van der Waals surface area (Å²) in [5, 5.41) is 3.47. The van der Waals surface area contributed by atoms with Crippen LogP contribution in [0.1, 0.15) is 52.5 Å². The maximum Gasteiger partial charge on any atom is 0.240 e. The smallest absolute Gasteiger partial charge is 0.240 e. The van der Waals surface area contributed by atoms with Crippen molar-refractivity contribution in [2.75, 3.05) is 6.54 Å². The van der Waals surface area contributed by atoms with Crippen LogP contribution in [0.2, 0.25) is 0 Å². The molecule has 0 aliphatic carbocycles. The molecular formula is C16H28N2O2S. The Morgan fingerprint density at radius 2 is 1.62 bits per heavy atom. The first-order chi connectivity index (χ1) is 9.77. The fourth-order valence-corrected chi connectivity index (χ4v) is 3.42. The van der Waals surface area contributed by atoms with Crippen LogP contribution in [0.5, 0.6) is 0 Å². The van der Waals surface area contributed by atoms with Crippen LogP contribution in [0.3, 0.4) is 0 Å². The molecule has 5 heteroatoms. The van der Waals surface area contributed by atoms with Gasteiger partial charge >= 0.3 is 0 Å². The van der Waals surface area contributed by atoms with Gasteiger partial charge in [0.25, 0.3) is 0 Å². The van der Waals surface area contributed by atoms with Crippen molar-refractivity contribution in [3.63, 3.8) is 0 Å². The summed E-state index contributed by atoms with van der Waals surface area (Å²) in [7, 11) is -3.40. The third-order valence-electron chi connectivity index (χ3n) is 3.57. The summed E-state index contributed by atoms with van der Waals surface area (Å²) in [6.45, 7) is 11.1. The highest BCUT2D eigenvalue weighted by Gasteiger charge is 2.17. The fourth-order valence-electron chi connectivity index (χ4n) is 2.17. The Morgan fingerprint density at radius 3 is 2.10 bits per heavy atom. The average Bonchev–Trinajstić information content (AvgIpc) is 2.42. The average molecular weight is 312 g/mol. The van der Waals surface area contributed by atoms with E-state index < -0.39 is 10.0 Å². The number of nitrogens with one attached hydrogen (secondary N) is 2. The number of hydrogen-bond acceptors (Lipinski definition) is 3. The minimum atomic E-state index is -3.40. The molecule has 0 saturated carbocycles. The molecule has 1 aromatic carbocycles. The number of rotatable bonds is 8. The lowest BCUT2D eigenvalue weighted by atomic mass is 9.94. The maximum absolute atomic E-state index is 12.1. The van der Waals surface area contributed by atoms with E-state index in [-0.39, 0.29) is 6.04 Å². The number of benzene rings is 1. The molecule has 0 heterocycles. The summed E-state index contributed by atoms with van der Waals surface area (Å²) < 4.78 is 26.7. The molecule has 120 valence electrons. The van der Waals surface area contributed by atoms with Crippen LogP contribution >= 0.6 is 0 Å². The van der Waals surface area contributed by atoms with Crippen molar-refractivity contribution in [1.29, 1.82) is 0 Å². The summed E-state index contributed by atoms with van der Waals surface area (Å²) >= 11 is 0. The predicted molar refractivity (Wildman–Crippen MR) is 88.1 cm³/mol. The van der Waals surface area contributed by atoms with E-state index in [9.17, 15) is 8.42 Å². The summed E-state index contributed by atoms with van der Waals surface area (Å²) in [4.78, 5) is 0.321. The zero-order chi connectivity index (χ0) is 16.0. The molecule has 0 aliphatic heterocycles. The minimum Gasteiger partial charge on any atom is -0.314 e. The van der Waals surface area contributed by atoms with Gasteiger partial charge in [-0.05, 0) is 57.4 Å². The minimum absolute atomic E-state index is 0.105. The van der Waals surface area contributed by atoms with Gasteiger partial charge in [0.2, 0.25) is 10.0 Å². The molecule has 21 heavy (non-hydrogen) atoms. The van der Waals surface area contributed by atoms with Crippen LogP contribution < -0.4 is 10.0 Å². The monoisotopic (exact) mass is 312 g/mol. The zero-order valence-corrected chi connectivity index (χ0v) is 14.5. The van der Waals surface area contributed by atoms with E-state index >= 15 is 0 Å². The first kappa shape index (κ1) is 18.1. The Hall–Kier alpha value is -0.910. The molecule has 2 atom stereocenters. The molecule has 0 fully saturated rings. The van der Waals surface area contributed by atoms with Crippen LogP contribution in [0.15, 0.2) is 29.2 Å². The molecule has 0 aromatic heterocycles. The molecule has 4 nitrogen and oxygen atoms in total. The van der Waals surface area contributed by atoms with Gasteiger partial charge in [-0.1, -0.05) is 26.0 Å². The topological polar surface area (TPSA) is 58.2 Å². The third kappa shape index (κ3) is 5.41. The van der Waals surface area contributed by atoms with Crippen LogP contribution in [0.4, 0.5) is 0 Å². The standard InChI is InChI=1S/C16H28N2O2S/c1-6-11-17-14(5)13(4)15-7-9-16(10-8-15)21(19,20)18-12(2)3/h7-10,12-14,17-18H,6,11H2,1-5H3. The highest BCUT2D eigenvalue weighted by molar-refractivity contribution is 7.89. The van der Waals surface area contributed by atoms with Crippen molar-refractivity contribution in [2.45, 2.75) is 63.9 Å². The SMILES string of the molecule is CCCNC(C)C(C)c1ccc(S(=O)(=O)NC(C)C)cc1. The lowest BCUT2D eigenvalue weighted by Gasteiger charge is -2.22. The predicted octanol–water partition coefficient (Wildman–Crippen LogP) is 2.86. The zero-order valence-electron chi connectivity index (χ0n) is 13.7. The highest BCUT2D eigenvalue weighted by Crippen LogP contribution is 2.21. The summed E-state index contributed by atoms with van der Waals surface area (Å²) in [6.07, 6.45) is 1.11. The Morgan fingerprint density at radius 1 is 1.05 bits per heavy atom. The third-order valence-corrected chi connectivity index (χ3v) is 5.25. The van der Waals surface area contributed by atoms with Crippen molar-refractivity contribution in [3.8, 4) is 0 Å². The van der Waals surface area contributed by atoms with Crippen molar-refractivity contribution in [1.82, 2.24) is 10.0 Å². The second-order valence-corrected chi connectivity index (χ2v) is 7.59. The van der Waals surface area contributed by atoms with E-state index in [0.717, 1.165) is 18.5 Å². The van der Waals surface area contributed by atoms with E-state index in [0.29, 0.717) is 16.9 Å². The summed E-state index contributed by atoms with van der Waals surface area (Å²) in [5.74, 6) is 0.339. The molecule has 0 spiro atoms. The second-order valence-electron chi connectivity index (χ2n) is 5.88. The van der Waals surface area contributed by atoms with Gasteiger partial charge in [0, 0.05) is 12.1 Å². The van der Waals surface area contributed by atoms with E-state index in [1.165, 1.54) is 0 Å². The maximum atomic E-state index is 12.1. The fraction of sp³-hybridized carbons (Fsp3) is 0.625. The Bertz CT molecular complexity index is 524. The summed E-state index contributed by atoms with van der Waals surface area (Å²) in [5.41, 5.74) is 1.15. The normalized spacial score (nSPS) is 15.1. The first-order valence-electron chi connectivity index (χ1n) is 7.63. The van der Waals surface area contributed by atoms with Crippen LogP contribution in [0, 0.1) is 0 Å². The Balaban J connectivity index is 2.82. The lowest BCUT2D eigenvalue weighted by molar-refractivity contribution is 0.481. The van der Waals surface area contributed by atoms with Crippen molar-refractivity contribution in [3.05, 3.63) is 29.8 Å². The highest BCUT2D eigenvalue weighted by atomic mass is 32.2. The molecule has 0 saturated heterocycles. The van der Waals surface area contributed by atoms with Gasteiger partial charge in [0.15, 0.2) is 0 Å². The van der Waals surface area contributed by atoms with Gasteiger partial charge in [-0.3, -0.25) is 0 Å².